The lowest BCUT2D eigenvalue weighted by molar-refractivity contribution is 0.620. The second kappa shape index (κ2) is 3.76. The molecule has 0 radical (unpaired) electrons. The third-order valence-corrected chi connectivity index (χ3v) is 2.23. The summed E-state index contributed by atoms with van der Waals surface area (Å²) >= 11 is 1.28. The monoisotopic (exact) mass is 211 g/mol. The Hall–Kier alpha value is -1.41. The molecule has 0 saturated heterocycles. The second-order valence-electron chi connectivity index (χ2n) is 2.84. The summed E-state index contributed by atoms with van der Waals surface area (Å²) in [5.41, 5.74) is 6.63. The highest BCUT2D eigenvalue weighted by Gasteiger charge is 2.12. The molecule has 1 atom stereocenters. The van der Waals surface area contributed by atoms with E-state index in [1.807, 2.05) is 5.38 Å². The molecule has 8 heteroatoms. The van der Waals surface area contributed by atoms with Crippen LogP contribution in [-0.4, -0.2) is 29.8 Å². The predicted molar refractivity (Wildman–Crippen MR) is 49.3 cm³/mol. The average molecular weight is 211 g/mol. The van der Waals surface area contributed by atoms with Gasteiger partial charge in [-0.2, -0.15) is 4.80 Å². The molecule has 0 spiro atoms. The number of nitrogens with zero attached hydrogens (tertiary/aromatic N) is 6. The van der Waals surface area contributed by atoms with E-state index >= 15 is 0 Å². The largest absolute Gasteiger partial charge is 0.322 e. The van der Waals surface area contributed by atoms with Crippen LogP contribution in [0.1, 0.15) is 17.6 Å². The molecule has 0 fully saturated rings. The van der Waals surface area contributed by atoms with Gasteiger partial charge in [0, 0.05) is 11.8 Å². The van der Waals surface area contributed by atoms with Crippen LogP contribution in [0.5, 0.6) is 0 Å². The van der Waals surface area contributed by atoms with Gasteiger partial charge in [0.15, 0.2) is 5.82 Å². The molecule has 0 aliphatic rings. The highest BCUT2D eigenvalue weighted by molar-refractivity contribution is 7.03. The molecule has 2 rings (SSSR count). The molecule has 2 heterocycles. The van der Waals surface area contributed by atoms with Crippen molar-refractivity contribution >= 4 is 11.5 Å². The Labute approximate surface area is 84.1 Å². The standard InChI is InChI=1S/C6H9N7S/c1-13-10-6(9-11-13)2-4(7)5-3-14-12-8-5/h3-4H,2,7H2,1H3. The first-order valence-corrected chi connectivity index (χ1v) is 4.85. The van der Waals surface area contributed by atoms with Gasteiger partial charge < -0.3 is 5.73 Å². The summed E-state index contributed by atoms with van der Waals surface area (Å²) in [6, 6.07) is -0.210. The van der Waals surface area contributed by atoms with E-state index < -0.39 is 0 Å². The number of hydrogen-bond acceptors (Lipinski definition) is 7. The van der Waals surface area contributed by atoms with E-state index in [1.165, 1.54) is 16.3 Å². The molecule has 0 bridgehead atoms. The van der Waals surface area contributed by atoms with Crippen molar-refractivity contribution in [1.82, 2.24) is 29.8 Å². The van der Waals surface area contributed by atoms with Crippen LogP contribution in [0.2, 0.25) is 0 Å². The lowest BCUT2D eigenvalue weighted by Gasteiger charge is -2.02. The van der Waals surface area contributed by atoms with Crippen molar-refractivity contribution in [3.63, 3.8) is 0 Å². The van der Waals surface area contributed by atoms with Crippen molar-refractivity contribution in [3.8, 4) is 0 Å². The van der Waals surface area contributed by atoms with Crippen molar-refractivity contribution in [1.29, 1.82) is 0 Å². The zero-order valence-electron chi connectivity index (χ0n) is 7.53. The molecule has 0 aliphatic heterocycles. The van der Waals surface area contributed by atoms with E-state index in [4.69, 9.17) is 5.73 Å². The molecule has 1 unspecified atom stereocenters. The van der Waals surface area contributed by atoms with Gasteiger partial charge in [-0.1, -0.05) is 4.49 Å². The lowest BCUT2D eigenvalue weighted by atomic mass is 10.2. The molecule has 74 valence electrons. The number of aryl methyl sites for hydroxylation is 1. The van der Waals surface area contributed by atoms with Crippen molar-refractivity contribution in [2.24, 2.45) is 12.8 Å². The van der Waals surface area contributed by atoms with E-state index in [0.29, 0.717) is 12.2 Å². The minimum atomic E-state index is -0.210. The molecule has 2 aromatic heterocycles. The fourth-order valence-electron chi connectivity index (χ4n) is 1.04. The minimum Gasteiger partial charge on any atom is -0.322 e. The van der Waals surface area contributed by atoms with Gasteiger partial charge in [-0.05, 0) is 16.7 Å². The smallest absolute Gasteiger partial charge is 0.176 e. The highest BCUT2D eigenvalue weighted by Crippen LogP contribution is 2.11. The van der Waals surface area contributed by atoms with E-state index in [-0.39, 0.29) is 6.04 Å². The van der Waals surface area contributed by atoms with Crippen LogP contribution < -0.4 is 5.73 Å². The Bertz CT molecular complexity index is 394. The Morgan fingerprint density at radius 2 is 2.43 bits per heavy atom. The van der Waals surface area contributed by atoms with Crippen molar-refractivity contribution in [2.75, 3.05) is 0 Å². The van der Waals surface area contributed by atoms with Crippen molar-refractivity contribution in [3.05, 3.63) is 16.9 Å². The second-order valence-corrected chi connectivity index (χ2v) is 3.45. The predicted octanol–water partition coefficient (Wildman–Crippen LogP) is -0.696. The maximum Gasteiger partial charge on any atom is 0.176 e. The van der Waals surface area contributed by atoms with E-state index in [9.17, 15) is 0 Å². The number of rotatable bonds is 3. The molecule has 2 aromatic rings. The molecule has 0 saturated carbocycles. The van der Waals surface area contributed by atoms with Crippen LogP contribution in [0, 0.1) is 0 Å². The Kier molecular flexibility index (Phi) is 2.46. The van der Waals surface area contributed by atoms with Gasteiger partial charge in [0.25, 0.3) is 0 Å². The molecular weight excluding hydrogens is 202 g/mol. The van der Waals surface area contributed by atoms with Gasteiger partial charge >= 0.3 is 0 Å². The molecule has 0 aromatic carbocycles. The summed E-state index contributed by atoms with van der Waals surface area (Å²) in [4.78, 5) is 1.40. The summed E-state index contributed by atoms with van der Waals surface area (Å²) in [6.45, 7) is 0. The number of aromatic nitrogens is 6. The maximum atomic E-state index is 5.87. The normalized spacial score (nSPS) is 13.0. The van der Waals surface area contributed by atoms with Crippen LogP contribution in [0.4, 0.5) is 0 Å². The quantitative estimate of drug-likeness (QED) is 0.721. The summed E-state index contributed by atoms with van der Waals surface area (Å²) in [5, 5.41) is 17.3. The van der Waals surface area contributed by atoms with Gasteiger partial charge in [-0.25, -0.2) is 0 Å². The van der Waals surface area contributed by atoms with Crippen molar-refractivity contribution < 1.29 is 0 Å². The zero-order chi connectivity index (χ0) is 9.97. The molecule has 0 amide bonds. The fourth-order valence-corrected chi connectivity index (χ4v) is 1.56. The summed E-state index contributed by atoms with van der Waals surface area (Å²) < 4.78 is 3.74. The number of nitrogens with two attached hydrogens (primary N) is 1. The van der Waals surface area contributed by atoms with Crippen LogP contribution in [0.3, 0.4) is 0 Å². The Morgan fingerprint density at radius 1 is 1.57 bits per heavy atom. The first-order chi connectivity index (χ1) is 6.75. The van der Waals surface area contributed by atoms with Crippen LogP contribution in [0.15, 0.2) is 5.38 Å². The minimum absolute atomic E-state index is 0.210. The SMILES string of the molecule is Cn1nnc(CC(N)c2csnn2)n1. The molecular formula is C6H9N7S. The highest BCUT2D eigenvalue weighted by atomic mass is 32.1. The zero-order valence-corrected chi connectivity index (χ0v) is 8.35. The topological polar surface area (TPSA) is 95.4 Å². The summed E-state index contributed by atoms with van der Waals surface area (Å²) in [7, 11) is 1.71. The molecule has 14 heavy (non-hydrogen) atoms. The first-order valence-electron chi connectivity index (χ1n) is 4.01. The van der Waals surface area contributed by atoms with E-state index in [1.54, 1.807) is 7.05 Å². The van der Waals surface area contributed by atoms with Crippen LogP contribution in [0.25, 0.3) is 0 Å². The van der Waals surface area contributed by atoms with Crippen LogP contribution >= 0.6 is 11.5 Å². The third-order valence-electron chi connectivity index (χ3n) is 1.71. The summed E-state index contributed by atoms with van der Waals surface area (Å²) in [5.74, 6) is 0.619. The summed E-state index contributed by atoms with van der Waals surface area (Å²) in [6.07, 6.45) is 0.527. The van der Waals surface area contributed by atoms with Gasteiger partial charge in [0.05, 0.1) is 18.8 Å². The molecule has 7 nitrogen and oxygen atoms in total. The van der Waals surface area contributed by atoms with Gasteiger partial charge in [-0.15, -0.1) is 15.3 Å². The van der Waals surface area contributed by atoms with Crippen molar-refractivity contribution in [2.45, 2.75) is 12.5 Å². The van der Waals surface area contributed by atoms with E-state index in [2.05, 4.69) is 25.0 Å². The maximum absolute atomic E-state index is 5.87. The van der Waals surface area contributed by atoms with Gasteiger partial charge in [0.2, 0.25) is 0 Å². The average Bonchev–Trinajstić information content (AvgIpc) is 2.75. The van der Waals surface area contributed by atoms with E-state index in [0.717, 1.165) is 5.69 Å². The number of tetrazole rings is 1. The fraction of sp³-hybridized carbons (Fsp3) is 0.500. The number of hydrogen-bond donors (Lipinski definition) is 1. The van der Waals surface area contributed by atoms with Gasteiger partial charge in [-0.3, -0.25) is 0 Å². The molecule has 0 aliphatic carbocycles. The lowest BCUT2D eigenvalue weighted by Crippen LogP contribution is -2.14. The Morgan fingerprint density at radius 3 is 3.00 bits per heavy atom. The van der Waals surface area contributed by atoms with Crippen LogP contribution in [-0.2, 0) is 13.5 Å². The van der Waals surface area contributed by atoms with Gasteiger partial charge in [0.1, 0.15) is 0 Å². The first kappa shape index (κ1) is 9.16. The third kappa shape index (κ3) is 1.91. The molecule has 2 N–H and O–H groups in total. The Balaban J connectivity index is 2.05.